The van der Waals surface area contributed by atoms with Crippen LogP contribution in [0.5, 0.6) is 5.75 Å². The monoisotopic (exact) mass is 520 g/mol. The Labute approximate surface area is 219 Å². The minimum atomic E-state index is 0.0396. The first kappa shape index (κ1) is 24.4. The number of para-hydroxylation sites is 2. The second-order valence-electron chi connectivity index (χ2n) is 8.18. The highest BCUT2D eigenvalue weighted by Gasteiger charge is 2.21. The Hall–Kier alpha value is -3.33. The van der Waals surface area contributed by atoms with E-state index in [-0.39, 0.29) is 5.91 Å². The summed E-state index contributed by atoms with van der Waals surface area (Å²) in [4.78, 5) is 14.6. The first-order chi connectivity index (χ1) is 17.7. The lowest BCUT2D eigenvalue weighted by Gasteiger charge is -2.26. The van der Waals surface area contributed by atoms with Crippen molar-refractivity contribution < 1.29 is 14.3 Å². The number of nitrogens with zero attached hydrogens (tertiary/aromatic N) is 4. The summed E-state index contributed by atoms with van der Waals surface area (Å²) in [5.41, 5.74) is 3.38. The second kappa shape index (κ2) is 11.2. The molecule has 0 unspecified atom stereocenters. The Morgan fingerprint density at radius 1 is 1.00 bits per heavy atom. The molecule has 2 heterocycles. The summed E-state index contributed by atoms with van der Waals surface area (Å²) in [5.74, 6) is 2.04. The van der Waals surface area contributed by atoms with Crippen molar-refractivity contribution in [2.45, 2.75) is 10.9 Å². The van der Waals surface area contributed by atoms with Crippen LogP contribution >= 0.6 is 23.4 Å². The van der Waals surface area contributed by atoms with Gasteiger partial charge in [-0.05, 0) is 42.0 Å². The van der Waals surface area contributed by atoms with Gasteiger partial charge in [0.2, 0.25) is 0 Å². The van der Waals surface area contributed by atoms with Gasteiger partial charge in [-0.3, -0.25) is 9.36 Å². The third kappa shape index (κ3) is 5.11. The molecule has 184 valence electrons. The van der Waals surface area contributed by atoms with Crippen LogP contribution in [-0.2, 0) is 10.5 Å². The van der Waals surface area contributed by atoms with E-state index in [2.05, 4.69) is 10.2 Å². The van der Waals surface area contributed by atoms with Gasteiger partial charge < -0.3 is 14.4 Å². The van der Waals surface area contributed by atoms with E-state index in [1.807, 2.05) is 82.3 Å². The van der Waals surface area contributed by atoms with Crippen LogP contribution < -0.4 is 4.74 Å². The smallest absolute Gasteiger partial charge is 0.254 e. The normalized spacial score (nSPS) is 13.6. The van der Waals surface area contributed by atoms with E-state index in [1.54, 1.807) is 18.9 Å². The molecule has 7 nitrogen and oxygen atoms in total. The number of methoxy groups -OCH3 is 1. The molecule has 0 aliphatic carbocycles. The van der Waals surface area contributed by atoms with E-state index < -0.39 is 0 Å². The molecular weight excluding hydrogens is 496 g/mol. The summed E-state index contributed by atoms with van der Waals surface area (Å²) in [6.45, 7) is 2.43. The van der Waals surface area contributed by atoms with E-state index in [4.69, 9.17) is 21.1 Å². The van der Waals surface area contributed by atoms with Gasteiger partial charge in [-0.1, -0.05) is 59.8 Å². The van der Waals surface area contributed by atoms with Crippen LogP contribution in [0.1, 0.15) is 15.9 Å². The Bertz CT molecular complexity index is 1350. The lowest BCUT2D eigenvalue weighted by atomic mass is 10.1. The topological polar surface area (TPSA) is 69.5 Å². The predicted molar refractivity (Wildman–Crippen MR) is 141 cm³/mol. The lowest BCUT2D eigenvalue weighted by Crippen LogP contribution is -2.40. The van der Waals surface area contributed by atoms with Crippen LogP contribution in [0.2, 0.25) is 5.02 Å². The fourth-order valence-corrected chi connectivity index (χ4v) is 5.17. The average molecular weight is 521 g/mol. The second-order valence-corrected chi connectivity index (χ2v) is 9.53. The first-order valence-electron chi connectivity index (χ1n) is 11.6. The van der Waals surface area contributed by atoms with Crippen LogP contribution in [0.15, 0.2) is 78.0 Å². The maximum Gasteiger partial charge on any atom is 0.254 e. The molecule has 0 radical (unpaired) electrons. The van der Waals surface area contributed by atoms with Crippen molar-refractivity contribution in [2.75, 3.05) is 33.4 Å². The SMILES string of the molecule is COc1ccccc1-n1c(SCc2ccc(C(=O)N3CCOCC3)cc2)nnc1-c1ccccc1Cl. The van der Waals surface area contributed by atoms with E-state index in [0.29, 0.717) is 59.4 Å². The van der Waals surface area contributed by atoms with Gasteiger partial charge in [-0.25, -0.2) is 0 Å². The number of carbonyl (C=O) groups excluding carboxylic acids is 1. The fourth-order valence-electron chi connectivity index (χ4n) is 4.05. The van der Waals surface area contributed by atoms with Crippen LogP contribution in [0.4, 0.5) is 0 Å². The minimum Gasteiger partial charge on any atom is -0.495 e. The fraction of sp³-hybridized carbons (Fsp3) is 0.222. The number of thioether (sulfide) groups is 1. The molecule has 3 aromatic carbocycles. The number of hydrogen-bond donors (Lipinski definition) is 0. The molecule has 4 aromatic rings. The third-order valence-electron chi connectivity index (χ3n) is 5.94. The highest BCUT2D eigenvalue weighted by molar-refractivity contribution is 7.98. The molecule has 1 aromatic heterocycles. The predicted octanol–water partition coefficient (Wildman–Crippen LogP) is 5.36. The van der Waals surface area contributed by atoms with Crippen molar-refractivity contribution in [3.8, 4) is 22.8 Å². The van der Waals surface area contributed by atoms with Gasteiger partial charge in [0.15, 0.2) is 11.0 Å². The molecule has 0 atom stereocenters. The molecule has 1 aliphatic heterocycles. The average Bonchev–Trinajstić information content (AvgIpc) is 3.36. The number of amides is 1. The zero-order valence-electron chi connectivity index (χ0n) is 19.8. The highest BCUT2D eigenvalue weighted by atomic mass is 35.5. The molecule has 0 bridgehead atoms. The summed E-state index contributed by atoms with van der Waals surface area (Å²) in [5, 5.41) is 10.3. The van der Waals surface area contributed by atoms with Gasteiger partial charge in [-0.15, -0.1) is 10.2 Å². The summed E-state index contributed by atoms with van der Waals surface area (Å²) in [6, 6.07) is 23.1. The van der Waals surface area contributed by atoms with Crippen molar-refractivity contribution in [3.05, 3.63) is 88.9 Å². The molecule has 36 heavy (non-hydrogen) atoms. The molecule has 0 N–H and O–H groups in total. The van der Waals surface area contributed by atoms with Crippen LogP contribution in [0, 0.1) is 0 Å². The number of carbonyl (C=O) groups is 1. The largest absolute Gasteiger partial charge is 0.495 e. The Morgan fingerprint density at radius 2 is 1.72 bits per heavy atom. The molecule has 0 spiro atoms. The van der Waals surface area contributed by atoms with E-state index in [1.165, 1.54) is 0 Å². The number of morpholine rings is 1. The molecular formula is C27H25ClN4O3S. The number of ether oxygens (including phenoxy) is 2. The quantitative estimate of drug-likeness (QED) is 0.305. The maximum absolute atomic E-state index is 12.7. The van der Waals surface area contributed by atoms with Gasteiger partial charge >= 0.3 is 0 Å². The van der Waals surface area contributed by atoms with Crippen LogP contribution in [-0.4, -0.2) is 59.0 Å². The van der Waals surface area contributed by atoms with Gasteiger partial charge in [0.1, 0.15) is 5.75 Å². The zero-order chi connectivity index (χ0) is 24.9. The van der Waals surface area contributed by atoms with Crippen molar-refractivity contribution in [1.29, 1.82) is 0 Å². The maximum atomic E-state index is 12.7. The van der Waals surface area contributed by atoms with Crippen LogP contribution in [0.3, 0.4) is 0 Å². The molecule has 1 saturated heterocycles. The van der Waals surface area contributed by atoms with Crippen LogP contribution in [0.25, 0.3) is 17.1 Å². The zero-order valence-corrected chi connectivity index (χ0v) is 21.3. The number of halogens is 1. The number of benzene rings is 3. The Kier molecular flexibility index (Phi) is 7.55. The number of aromatic nitrogens is 3. The molecule has 1 aliphatic rings. The van der Waals surface area contributed by atoms with E-state index in [9.17, 15) is 4.79 Å². The van der Waals surface area contributed by atoms with Gasteiger partial charge in [0.25, 0.3) is 5.91 Å². The van der Waals surface area contributed by atoms with E-state index >= 15 is 0 Å². The first-order valence-corrected chi connectivity index (χ1v) is 12.9. The Balaban J connectivity index is 1.41. The lowest BCUT2D eigenvalue weighted by molar-refractivity contribution is 0.0303. The van der Waals surface area contributed by atoms with Gasteiger partial charge in [0.05, 0.1) is 31.0 Å². The highest BCUT2D eigenvalue weighted by Crippen LogP contribution is 2.35. The third-order valence-corrected chi connectivity index (χ3v) is 7.27. The van der Waals surface area contributed by atoms with Gasteiger partial charge in [0, 0.05) is 30.0 Å². The van der Waals surface area contributed by atoms with E-state index in [0.717, 1.165) is 16.8 Å². The Morgan fingerprint density at radius 3 is 2.47 bits per heavy atom. The molecule has 1 fully saturated rings. The van der Waals surface area contributed by atoms with Gasteiger partial charge in [-0.2, -0.15) is 0 Å². The van der Waals surface area contributed by atoms with Crippen molar-refractivity contribution in [2.24, 2.45) is 0 Å². The number of rotatable bonds is 7. The number of hydrogen-bond acceptors (Lipinski definition) is 6. The molecule has 5 rings (SSSR count). The summed E-state index contributed by atoms with van der Waals surface area (Å²) >= 11 is 8.07. The van der Waals surface area contributed by atoms with Crippen molar-refractivity contribution in [3.63, 3.8) is 0 Å². The standard InChI is InChI=1S/C27H25ClN4O3S/c1-34-24-9-5-4-8-23(24)32-25(21-6-2-3-7-22(21)28)29-30-27(32)36-18-19-10-12-20(13-11-19)26(33)31-14-16-35-17-15-31/h2-13H,14-18H2,1H3. The van der Waals surface area contributed by atoms with Crippen molar-refractivity contribution in [1.82, 2.24) is 19.7 Å². The molecule has 1 amide bonds. The van der Waals surface area contributed by atoms with Crippen molar-refractivity contribution >= 4 is 29.3 Å². The molecule has 9 heteroatoms. The molecule has 0 saturated carbocycles. The minimum absolute atomic E-state index is 0.0396. The summed E-state index contributed by atoms with van der Waals surface area (Å²) in [7, 11) is 1.64. The summed E-state index contributed by atoms with van der Waals surface area (Å²) < 4.78 is 13.0. The summed E-state index contributed by atoms with van der Waals surface area (Å²) in [6.07, 6.45) is 0.